The van der Waals surface area contributed by atoms with E-state index in [0.29, 0.717) is 10.9 Å². The van der Waals surface area contributed by atoms with Crippen molar-refractivity contribution in [2.45, 2.75) is 26.5 Å². The van der Waals surface area contributed by atoms with E-state index in [1.54, 1.807) is 6.20 Å². The normalized spacial score (nSPS) is 10.6. The van der Waals surface area contributed by atoms with Crippen LogP contribution in [-0.2, 0) is 6.54 Å². The summed E-state index contributed by atoms with van der Waals surface area (Å²) in [5, 5.41) is 3.59. The lowest BCUT2D eigenvalue weighted by molar-refractivity contribution is 0.232. The van der Waals surface area contributed by atoms with Gasteiger partial charge in [-0.2, -0.15) is 0 Å². The average Bonchev–Trinajstić information content (AvgIpc) is 2.10. The van der Waals surface area contributed by atoms with E-state index in [9.17, 15) is 0 Å². The molecular formula is C10H15ClN2O. The maximum Gasteiger partial charge on any atom is 0.232 e. The monoisotopic (exact) mass is 214 g/mol. The highest BCUT2D eigenvalue weighted by atomic mass is 35.5. The van der Waals surface area contributed by atoms with E-state index < -0.39 is 0 Å². The molecule has 78 valence electrons. The van der Waals surface area contributed by atoms with Crippen molar-refractivity contribution in [3.05, 3.63) is 22.8 Å². The third-order valence-corrected chi connectivity index (χ3v) is 1.86. The Labute approximate surface area is 89.4 Å². The second kappa shape index (κ2) is 5.17. The molecule has 0 saturated heterocycles. The van der Waals surface area contributed by atoms with Gasteiger partial charge in [0.05, 0.1) is 6.10 Å². The van der Waals surface area contributed by atoms with Crippen LogP contribution in [0.1, 0.15) is 19.4 Å². The van der Waals surface area contributed by atoms with Crippen LogP contribution in [0.3, 0.4) is 0 Å². The molecule has 0 aliphatic rings. The Kier molecular flexibility index (Phi) is 4.17. The fraction of sp³-hybridized carbons (Fsp3) is 0.500. The maximum absolute atomic E-state index is 5.99. The van der Waals surface area contributed by atoms with E-state index in [4.69, 9.17) is 16.3 Å². The van der Waals surface area contributed by atoms with Crippen LogP contribution in [0.4, 0.5) is 0 Å². The summed E-state index contributed by atoms with van der Waals surface area (Å²) in [5.74, 6) is 0.501. The van der Waals surface area contributed by atoms with Crippen LogP contribution in [0.25, 0.3) is 0 Å². The fourth-order valence-corrected chi connectivity index (χ4v) is 1.31. The molecule has 3 nitrogen and oxygen atoms in total. The van der Waals surface area contributed by atoms with Crippen LogP contribution in [0, 0.1) is 0 Å². The van der Waals surface area contributed by atoms with Gasteiger partial charge in [-0.1, -0.05) is 11.6 Å². The van der Waals surface area contributed by atoms with Crippen molar-refractivity contribution in [3.63, 3.8) is 0 Å². The molecule has 1 rings (SSSR count). The summed E-state index contributed by atoms with van der Waals surface area (Å²) in [6.45, 7) is 4.65. The van der Waals surface area contributed by atoms with Gasteiger partial charge in [0.2, 0.25) is 5.88 Å². The van der Waals surface area contributed by atoms with Gasteiger partial charge in [-0.3, -0.25) is 0 Å². The number of halogens is 1. The second-order valence-electron chi connectivity index (χ2n) is 3.33. The van der Waals surface area contributed by atoms with Crippen LogP contribution in [0.2, 0.25) is 5.02 Å². The standard InChI is InChI=1S/C10H15ClN2O/c1-7(2)14-10-9(11)4-8(5-12-3)6-13-10/h4,6-7,12H,5H2,1-3H3. The molecule has 0 saturated carbocycles. The number of rotatable bonds is 4. The predicted octanol–water partition coefficient (Wildman–Crippen LogP) is 2.24. The minimum atomic E-state index is 0.0927. The van der Waals surface area contributed by atoms with Crippen LogP contribution >= 0.6 is 11.6 Å². The number of nitrogens with one attached hydrogen (secondary N) is 1. The number of hydrogen-bond donors (Lipinski definition) is 1. The van der Waals surface area contributed by atoms with E-state index in [-0.39, 0.29) is 6.10 Å². The molecule has 1 N–H and O–H groups in total. The molecule has 0 atom stereocenters. The van der Waals surface area contributed by atoms with Gasteiger partial charge >= 0.3 is 0 Å². The molecule has 1 heterocycles. The topological polar surface area (TPSA) is 34.2 Å². The fourth-order valence-electron chi connectivity index (χ4n) is 1.08. The van der Waals surface area contributed by atoms with Crippen molar-refractivity contribution in [3.8, 4) is 5.88 Å². The van der Waals surface area contributed by atoms with Crippen LogP contribution in [-0.4, -0.2) is 18.1 Å². The van der Waals surface area contributed by atoms with E-state index in [2.05, 4.69) is 10.3 Å². The molecule has 0 spiro atoms. The summed E-state index contributed by atoms with van der Waals surface area (Å²) in [6, 6.07) is 1.86. The van der Waals surface area contributed by atoms with Crippen LogP contribution in [0.5, 0.6) is 5.88 Å². The van der Waals surface area contributed by atoms with Gasteiger partial charge in [0.25, 0.3) is 0 Å². The molecule has 0 aromatic carbocycles. The summed E-state index contributed by atoms with van der Waals surface area (Å²) < 4.78 is 5.41. The summed E-state index contributed by atoms with van der Waals surface area (Å²) in [7, 11) is 1.88. The Bertz CT molecular complexity index is 302. The van der Waals surface area contributed by atoms with Crippen molar-refractivity contribution < 1.29 is 4.74 Å². The molecule has 0 amide bonds. The van der Waals surface area contributed by atoms with Gasteiger partial charge in [0, 0.05) is 12.7 Å². The second-order valence-corrected chi connectivity index (χ2v) is 3.73. The molecule has 0 aliphatic carbocycles. The van der Waals surface area contributed by atoms with Crippen molar-refractivity contribution in [2.75, 3.05) is 7.05 Å². The Morgan fingerprint density at radius 2 is 2.29 bits per heavy atom. The first-order chi connectivity index (χ1) is 6.63. The molecule has 0 aliphatic heterocycles. The molecular weight excluding hydrogens is 200 g/mol. The zero-order valence-electron chi connectivity index (χ0n) is 8.67. The molecule has 0 unspecified atom stereocenters. The van der Waals surface area contributed by atoms with Crippen LogP contribution < -0.4 is 10.1 Å². The Hall–Kier alpha value is -0.800. The highest BCUT2D eigenvalue weighted by Gasteiger charge is 2.05. The van der Waals surface area contributed by atoms with Gasteiger partial charge in [-0.25, -0.2) is 4.98 Å². The Morgan fingerprint density at radius 3 is 2.79 bits per heavy atom. The minimum Gasteiger partial charge on any atom is -0.474 e. The quantitative estimate of drug-likeness (QED) is 0.835. The molecule has 14 heavy (non-hydrogen) atoms. The van der Waals surface area contributed by atoms with Gasteiger partial charge in [-0.15, -0.1) is 0 Å². The summed E-state index contributed by atoms with van der Waals surface area (Å²) in [4.78, 5) is 4.14. The number of pyridine rings is 1. The average molecular weight is 215 g/mol. The van der Waals surface area contributed by atoms with Gasteiger partial charge in [0.1, 0.15) is 5.02 Å². The third kappa shape index (κ3) is 3.16. The first kappa shape index (κ1) is 11.3. The van der Waals surface area contributed by atoms with Crippen molar-refractivity contribution in [1.29, 1.82) is 0 Å². The Morgan fingerprint density at radius 1 is 1.57 bits per heavy atom. The van der Waals surface area contributed by atoms with E-state index in [1.165, 1.54) is 0 Å². The number of aromatic nitrogens is 1. The molecule has 0 radical (unpaired) electrons. The third-order valence-electron chi connectivity index (χ3n) is 1.59. The lowest BCUT2D eigenvalue weighted by atomic mass is 10.3. The smallest absolute Gasteiger partial charge is 0.232 e. The minimum absolute atomic E-state index is 0.0927. The van der Waals surface area contributed by atoms with E-state index >= 15 is 0 Å². The molecule has 1 aromatic heterocycles. The highest BCUT2D eigenvalue weighted by Crippen LogP contribution is 2.23. The van der Waals surface area contributed by atoms with Crippen molar-refractivity contribution >= 4 is 11.6 Å². The summed E-state index contributed by atoms with van der Waals surface area (Å²) in [5.41, 5.74) is 1.05. The van der Waals surface area contributed by atoms with Crippen LogP contribution in [0.15, 0.2) is 12.3 Å². The van der Waals surface area contributed by atoms with E-state index in [1.807, 2.05) is 27.0 Å². The largest absolute Gasteiger partial charge is 0.474 e. The highest BCUT2D eigenvalue weighted by molar-refractivity contribution is 6.31. The molecule has 1 aromatic rings. The number of ether oxygens (including phenoxy) is 1. The number of hydrogen-bond acceptors (Lipinski definition) is 3. The lowest BCUT2D eigenvalue weighted by Gasteiger charge is -2.10. The zero-order chi connectivity index (χ0) is 10.6. The summed E-state index contributed by atoms with van der Waals surface area (Å²) >= 11 is 5.99. The van der Waals surface area contributed by atoms with Gasteiger partial charge < -0.3 is 10.1 Å². The number of nitrogens with zero attached hydrogens (tertiary/aromatic N) is 1. The first-order valence-electron chi connectivity index (χ1n) is 4.59. The van der Waals surface area contributed by atoms with Gasteiger partial charge in [0.15, 0.2) is 0 Å². The maximum atomic E-state index is 5.99. The lowest BCUT2D eigenvalue weighted by Crippen LogP contribution is -2.09. The zero-order valence-corrected chi connectivity index (χ0v) is 9.43. The Balaban J connectivity index is 2.79. The summed E-state index contributed by atoms with van der Waals surface area (Å²) in [6.07, 6.45) is 1.86. The predicted molar refractivity (Wildman–Crippen MR) is 57.8 cm³/mol. The van der Waals surface area contributed by atoms with Crippen molar-refractivity contribution in [1.82, 2.24) is 10.3 Å². The first-order valence-corrected chi connectivity index (χ1v) is 4.97. The molecule has 0 bridgehead atoms. The van der Waals surface area contributed by atoms with Gasteiger partial charge in [-0.05, 0) is 32.5 Å². The van der Waals surface area contributed by atoms with E-state index in [0.717, 1.165) is 12.1 Å². The molecule has 4 heteroatoms. The molecule has 0 fully saturated rings. The van der Waals surface area contributed by atoms with Crippen molar-refractivity contribution in [2.24, 2.45) is 0 Å². The SMILES string of the molecule is CNCc1cnc(OC(C)C)c(Cl)c1.